The molecule has 1 heterocycles. The Labute approximate surface area is 220 Å². The Morgan fingerprint density at radius 3 is 2.24 bits per heavy atom. The van der Waals surface area contributed by atoms with Crippen molar-refractivity contribution in [3.05, 3.63) is 114 Å². The second-order valence-electron chi connectivity index (χ2n) is 8.56. The van der Waals surface area contributed by atoms with Crippen molar-refractivity contribution in [2.45, 2.75) is 40.3 Å². The Morgan fingerprint density at radius 1 is 0.946 bits per heavy atom. The molecule has 192 valence electrons. The van der Waals surface area contributed by atoms with Crippen LogP contribution in [0.1, 0.15) is 43.0 Å². The maximum atomic E-state index is 6.29. The van der Waals surface area contributed by atoms with Gasteiger partial charge in [-0.25, -0.2) is 4.98 Å². The van der Waals surface area contributed by atoms with Crippen LogP contribution in [0.4, 0.5) is 5.95 Å². The number of allylic oxidation sites excluding steroid dienone is 4. The summed E-state index contributed by atoms with van der Waals surface area (Å²) in [7, 11) is 1.66. The molecule has 5 nitrogen and oxygen atoms in total. The zero-order valence-electron chi connectivity index (χ0n) is 22.3. The van der Waals surface area contributed by atoms with Gasteiger partial charge in [0.25, 0.3) is 0 Å². The number of anilines is 1. The van der Waals surface area contributed by atoms with Crippen molar-refractivity contribution in [3.8, 4) is 11.5 Å². The van der Waals surface area contributed by atoms with E-state index in [4.69, 9.17) is 15.2 Å². The minimum absolute atomic E-state index is 0.475. The maximum Gasteiger partial charge on any atom is 0.201 e. The van der Waals surface area contributed by atoms with Gasteiger partial charge >= 0.3 is 0 Å². The molecular formula is C32H37N3O2. The third kappa shape index (κ3) is 6.70. The highest BCUT2D eigenvalue weighted by atomic mass is 16.5. The summed E-state index contributed by atoms with van der Waals surface area (Å²) in [5.41, 5.74) is 13.8. The van der Waals surface area contributed by atoms with Gasteiger partial charge in [0, 0.05) is 0 Å². The third-order valence-electron chi connectivity index (χ3n) is 6.04. The molecule has 0 aliphatic carbocycles. The molecule has 4 rings (SSSR count). The van der Waals surface area contributed by atoms with Gasteiger partial charge in [-0.05, 0) is 72.4 Å². The van der Waals surface area contributed by atoms with Crippen molar-refractivity contribution in [1.29, 1.82) is 0 Å². The number of nitrogens with zero attached hydrogens (tertiary/aromatic N) is 2. The van der Waals surface area contributed by atoms with E-state index < -0.39 is 0 Å². The Balaban J connectivity index is 0.00000121. The number of benzene rings is 3. The van der Waals surface area contributed by atoms with Gasteiger partial charge in [0.05, 0.1) is 24.7 Å². The number of aromatic nitrogens is 2. The minimum Gasteiger partial charge on any atom is -0.493 e. The molecule has 3 aromatic carbocycles. The molecule has 0 amide bonds. The predicted molar refractivity (Wildman–Crippen MR) is 156 cm³/mol. The van der Waals surface area contributed by atoms with Crippen LogP contribution in [0.25, 0.3) is 16.6 Å². The highest BCUT2D eigenvalue weighted by molar-refractivity contribution is 5.85. The van der Waals surface area contributed by atoms with Gasteiger partial charge in [-0.2, -0.15) is 0 Å². The van der Waals surface area contributed by atoms with E-state index in [1.54, 1.807) is 13.2 Å². The SMILES string of the molecule is C=C/C(=C\C)c1ccc2c(c1)nc(N)n2Cc1ccc(OCc2ccc(CC)cc2)c(OC)c1.C=CC. The molecule has 0 fully saturated rings. The van der Waals surface area contributed by atoms with Crippen LogP contribution in [0, 0.1) is 0 Å². The number of imidazole rings is 1. The molecule has 0 spiro atoms. The molecule has 0 unspecified atom stereocenters. The molecule has 0 atom stereocenters. The molecular weight excluding hydrogens is 458 g/mol. The van der Waals surface area contributed by atoms with Gasteiger partial charge in [-0.15, -0.1) is 6.58 Å². The average molecular weight is 496 g/mol. The third-order valence-corrected chi connectivity index (χ3v) is 6.04. The zero-order valence-corrected chi connectivity index (χ0v) is 22.3. The van der Waals surface area contributed by atoms with Gasteiger partial charge in [0.15, 0.2) is 11.5 Å². The van der Waals surface area contributed by atoms with Crippen molar-refractivity contribution in [1.82, 2.24) is 9.55 Å². The number of hydrogen-bond donors (Lipinski definition) is 1. The molecule has 0 saturated carbocycles. The standard InChI is InChI=1S/C29H31N3O2.C3H6/c1-5-20-8-10-21(11-9-20)19-34-27-15-12-22(16-28(27)33-4)18-32-26-14-13-24(23(6-2)7-3)17-25(26)31-29(32)30;1-3-2/h6-17H,2,5,18-19H2,1,3-4H3,(H2,30,31);3H,1H2,2H3/b23-7+;. The largest absolute Gasteiger partial charge is 0.493 e. The summed E-state index contributed by atoms with van der Waals surface area (Å²) >= 11 is 0. The molecule has 37 heavy (non-hydrogen) atoms. The monoisotopic (exact) mass is 495 g/mol. The Bertz CT molecular complexity index is 1380. The van der Waals surface area contributed by atoms with Crippen LogP contribution in [0.3, 0.4) is 0 Å². The van der Waals surface area contributed by atoms with Crippen molar-refractivity contribution in [2.75, 3.05) is 12.8 Å². The quantitative estimate of drug-likeness (QED) is 0.192. The summed E-state index contributed by atoms with van der Waals surface area (Å²) < 4.78 is 13.7. The fourth-order valence-corrected chi connectivity index (χ4v) is 4.04. The molecule has 4 aromatic rings. The highest BCUT2D eigenvalue weighted by Crippen LogP contribution is 2.31. The summed E-state index contributed by atoms with van der Waals surface area (Å²) in [6.45, 7) is 14.3. The number of nitrogens with two attached hydrogens (primary N) is 1. The van der Waals surface area contributed by atoms with E-state index in [0.29, 0.717) is 30.6 Å². The lowest BCUT2D eigenvalue weighted by molar-refractivity contribution is 0.284. The molecule has 0 bridgehead atoms. The van der Waals surface area contributed by atoms with E-state index in [2.05, 4.69) is 61.5 Å². The van der Waals surface area contributed by atoms with Crippen molar-refractivity contribution in [3.63, 3.8) is 0 Å². The summed E-state index contributed by atoms with van der Waals surface area (Å²) in [6, 6.07) is 20.6. The molecule has 0 radical (unpaired) electrons. The lowest BCUT2D eigenvalue weighted by atomic mass is 10.1. The van der Waals surface area contributed by atoms with Crippen LogP contribution in [0.2, 0.25) is 0 Å². The van der Waals surface area contributed by atoms with E-state index >= 15 is 0 Å². The van der Waals surface area contributed by atoms with Crippen molar-refractivity contribution < 1.29 is 9.47 Å². The van der Waals surface area contributed by atoms with Gasteiger partial charge in [0.2, 0.25) is 5.95 Å². The predicted octanol–water partition coefficient (Wildman–Crippen LogP) is 7.60. The molecule has 5 heteroatoms. The first-order valence-corrected chi connectivity index (χ1v) is 12.5. The summed E-state index contributed by atoms with van der Waals surface area (Å²) in [5, 5.41) is 0. The van der Waals surface area contributed by atoms with Crippen LogP contribution in [0.5, 0.6) is 11.5 Å². The summed E-state index contributed by atoms with van der Waals surface area (Å²) in [5.74, 6) is 1.88. The maximum absolute atomic E-state index is 6.29. The van der Waals surface area contributed by atoms with Gasteiger partial charge in [-0.3, -0.25) is 0 Å². The molecule has 0 aliphatic heterocycles. The molecule has 2 N–H and O–H groups in total. The lowest BCUT2D eigenvalue weighted by Crippen LogP contribution is -2.05. The van der Waals surface area contributed by atoms with Gasteiger partial charge in [-0.1, -0.05) is 68.1 Å². The van der Waals surface area contributed by atoms with E-state index in [1.807, 2.05) is 54.8 Å². The summed E-state index contributed by atoms with van der Waals surface area (Å²) in [4.78, 5) is 4.58. The molecule has 1 aromatic heterocycles. The van der Waals surface area contributed by atoms with E-state index in [1.165, 1.54) is 5.56 Å². The zero-order chi connectivity index (χ0) is 26.8. The lowest BCUT2D eigenvalue weighted by Gasteiger charge is -2.14. The van der Waals surface area contributed by atoms with E-state index in [0.717, 1.165) is 39.7 Å². The van der Waals surface area contributed by atoms with Crippen LogP contribution in [0.15, 0.2) is 92.0 Å². The van der Waals surface area contributed by atoms with Gasteiger partial charge < -0.3 is 19.8 Å². The van der Waals surface area contributed by atoms with E-state index in [9.17, 15) is 0 Å². The van der Waals surface area contributed by atoms with Crippen molar-refractivity contribution in [2.24, 2.45) is 0 Å². The van der Waals surface area contributed by atoms with Crippen LogP contribution >= 0.6 is 0 Å². The number of rotatable bonds is 9. The van der Waals surface area contributed by atoms with Crippen LogP contribution in [-0.4, -0.2) is 16.7 Å². The van der Waals surface area contributed by atoms with E-state index in [-0.39, 0.29) is 0 Å². The minimum atomic E-state index is 0.475. The average Bonchev–Trinajstić information content (AvgIpc) is 3.23. The Kier molecular flexibility index (Phi) is 9.73. The topological polar surface area (TPSA) is 62.3 Å². The van der Waals surface area contributed by atoms with Crippen LogP contribution in [-0.2, 0) is 19.6 Å². The van der Waals surface area contributed by atoms with Gasteiger partial charge in [0.1, 0.15) is 6.61 Å². The Hall–Kier alpha value is -4.25. The smallest absolute Gasteiger partial charge is 0.201 e. The van der Waals surface area contributed by atoms with Crippen molar-refractivity contribution >= 4 is 22.6 Å². The Morgan fingerprint density at radius 2 is 1.62 bits per heavy atom. The molecule has 0 saturated heterocycles. The first-order valence-electron chi connectivity index (χ1n) is 12.5. The molecule has 0 aliphatic rings. The fourth-order valence-electron chi connectivity index (χ4n) is 4.04. The number of ether oxygens (including phenoxy) is 2. The second kappa shape index (κ2) is 13.2. The van der Waals surface area contributed by atoms with Crippen LogP contribution < -0.4 is 15.2 Å². The number of hydrogen-bond acceptors (Lipinski definition) is 4. The second-order valence-corrected chi connectivity index (χ2v) is 8.56. The number of fused-ring (bicyclic) bond motifs is 1. The first kappa shape index (κ1) is 27.3. The summed E-state index contributed by atoms with van der Waals surface area (Å²) in [6.07, 6.45) is 6.66. The number of nitrogen functional groups attached to an aromatic ring is 1. The normalized spacial score (nSPS) is 11.0. The number of methoxy groups -OCH3 is 1. The highest BCUT2D eigenvalue weighted by Gasteiger charge is 2.12. The fraction of sp³-hybridized carbons (Fsp3) is 0.219. The number of aryl methyl sites for hydroxylation is 1. The first-order chi connectivity index (χ1) is 18.0.